The summed E-state index contributed by atoms with van der Waals surface area (Å²) in [5.41, 5.74) is 1.86. The number of para-hydroxylation sites is 1. The van der Waals surface area contributed by atoms with Crippen LogP contribution in [0.1, 0.15) is 6.92 Å². The van der Waals surface area contributed by atoms with E-state index in [1.807, 2.05) is 64.1 Å². The molecule has 0 atom stereocenters. The number of ether oxygens (including phenoxy) is 1. The molecule has 0 aliphatic carbocycles. The molecule has 0 radical (unpaired) electrons. The molecule has 1 amide bonds. The second-order valence-corrected chi connectivity index (χ2v) is 8.26. The first-order chi connectivity index (χ1) is 15.2. The first-order valence-electron chi connectivity index (χ1n) is 10.5. The van der Waals surface area contributed by atoms with Gasteiger partial charge in [-0.2, -0.15) is 0 Å². The van der Waals surface area contributed by atoms with Crippen molar-refractivity contribution in [1.29, 1.82) is 0 Å². The van der Waals surface area contributed by atoms with Crippen LogP contribution in [0.3, 0.4) is 0 Å². The van der Waals surface area contributed by atoms with Gasteiger partial charge in [-0.05, 0) is 30.8 Å². The smallest absolute Gasteiger partial charge is 0.233 e. The lowest BCUT2D eigenvalue weighted by molar-refractivity contribution is -0.130. The minimum Gasteiger partial charge on any atom is -0.497 e. The van der Waals surface area contributed by atoms with E-state index in [1.165, 1.54) is 11.8 Å². The minimum absolute atomic E-state index is 0.145. The predicted octanol–water partition coefficient (Wildman–Crippen LogP) is 3.20. The highest BCUT2D eigenvalue weighted by Crippen LogP contribution is 2.29. The van der Waals surface area contributed by atoms with E-state index in [0.29, 0.717) is 10.9 Å². The Labute approximate surface area is 187 Å². The summed E-state index contributed by atoms with van der Waals surface area (Å²) in [4.78, 5) is 17.1. The number of nitrogens with zero attached hydrogens (tertiary/aromatic N) is 5. The molecule has 1 fully saturated rings. The molecule has 4 rings (SSSR count). The average molecular weight is 438 g/mol. The molecule has 31 heavy (non-hydrogen) atoms. The van der Waals surface area contributed by atoms with Crippen molar-refractivity contribution >= 4 is 17.7 Å². The highest BCUT2D eigenvalue weighted by Gasteiger charge is 2.22. The number of thioether (sulfide) groups is 1. The number of methoxy groups -OCH3 is 1. The number of benzene rings is 2. The number of amides is 1. The maximum atomic E-state index is 12.8. The molecule has 1 aliphatic heterocycles. The number of hydrogen-bond donors (Lipinski definition) is 0. The fraction of sp³-hybridized carbons (Fsp3) is 0.348. The van der Waals surface area contributed by atoms with E-state index in [4.69, 9.17) is 4.74 Å². The van der Waals surface area contributed by atoms with Crippen molar-refractivity contribution in [2.45, 2.75) is 12.1 Å². The SMILES string of the molecule is CCN1CCN(C(=O)CSc2nnc(-c3cccc(OC)c3)n2-c2ccccc2)CC1. The molecule has 0 spiro atoms. The standard InChI is InChI=1S/C23H27N5O2S/c1-3-26-12-14-27(15-13-26)21(29)17-31-23-25-24-22(18-8-7-11-20(16-18)30-2)28(23)19-9-5-4-6-10-19/h4-11,16H,3,12-15,17H2,1-2H3. The van der Waals surface area contributed by atoms with E-state index in [9.17, 15) is 4.79 Å². The lowest BCUT2D eigenvalue weighted by Gasteiger charge is -2.34. The van der Waals surface area contributed by atoms with Gasteiger partial charge in [-0.3, -0.25) is 9.36 Å². The molecule has 2 heterocycles. The van der Waals surface area contributed by atoms with E-state index in [1.54, 1.807) is 7.11 Å². The fourth-order valence-corrected chi connectivity index (χ4v) is 4.51. The van der Waals surface area contributed by atoms with Crippen molar-refractivity contribution < 1.29 is 9.53 Å². The Balaban J connectivity index is 1.56. The molecule has 0 saturated carbocycles. The normalized spacial score (nSPS) is 14.6. The molecule has 0 unspecified atom stereocenters. The van der Waals surface area contributed by atoms with Crippen molar-refractivity contribution in [3.8, 4) is 22.8 Å². The Hall–Kier alpha value is -2.84. The Bertz CT molecular complexity index is 1020. The van der Waals surface area contributed by atoms with Crippen LogP contribution in [0.15, 0.2) is 59.8 Å². The zero-order valence-corrected chi connectivity index (χ0v) is 18.7. The maximum absolute atomic E-state index is 12.8. The highest BCUT2D eigenvalue weighted by atomic mass is 32.2. The second-order valence-electron chi connectivity index (χ2n) is 7.31. The van der Waals surface area contributed by atoms with Gasteiger partial charge in [0.05, 0.1) is 12.9 Å². The number of carbonyl (C=O) groups is 1. The third kappa shape index (κ3) is 4.91. The number of aromatic nitrogens is 3. The molecule has 8 heteroatoms. The van der Waals surface area contributed by atoms with Gasteiger partial charge in [0.1, 0.15) is 5.75 Å². The van der Waals surface area contributed by atoms with Gasteiger partial charge in [0, 0.05) is 37.4 Å². The summed E-state index contributed by atoms with van der Waals surface area (Å²) in [6, 6.07) is 17.7. The molecule has 1 saturated heterocycles. The van der Waals surface area contributed by atoms with Gasteiger partial charge in [0.25, 0.3) is 0 Å². The summed E-state index contributed by atoms with van der Waals surface area (Å²) in [6.07, 6.45) is 0. The molecular weight excluding hydrogens is 410 g/mol. The van der Waals surface area contributed by atoms with Gasteiger partial charge in [-0.15, -0.1) is 10.2 Å². The van der Waals surface area contributed by atoms with Crippen LogP contribution < -0.4 is 4.74 Å². The lowest BCUT2D eigenvalue weighted by Crippen LogP contribution is -2.49. The molecular formula is C23H27N5O2S. The summed E-state index contributed by atoms with van der Waals surface area (Å²) < 4.78 is 7.38. The molecule has 1 aliphatic rings. The van der Waals surface area contributed by atoms with Crippen LogP contribution in [0.4, 0.5) is 0 Å². The van der Waals surface area contributed by atoms with Crippen LogP contribution in [0.2, 0.25) is 0 Å². The summed E-state index contributed by atoms with van der Waals surface area (Å²) in [5, 5.41) is 9.58. The van der Waals surface area contributed by atoms with E-state index < -0.39 is 0 Å². The van der Waals surface area contributed by atoms with E-state index >= 15 is 0 Å². The minimum atomic E-state index is 0.145. The van der Waals surface area contributed by atoms with Crippen molar-refractivity contribution in [3.05, 3.63) is 54.6 Å². The largest absolute Gasteiger partial charge is 0.497 e. The molecule has 3 aromatic rings. The van der Waals surface area contributed by atoms with Crippen LogP contribution >= 0.6 is 11.8 Å². The van der Waals surface area contributed by atoms with E-state index in [0.717, 1.165) is 55.5 Å². The third-order valence-electron chi connectivity index (χ3n) is 5.47. The van der Waals surface area contributed by atoms with Crippen molar-refractivity contribution in [1.82, 2.24) is 24.6 Å². The Morgan fingerprint density at radius 2 is 1.81 bits per heavy atom. The topological polar surface area (TPSA) is 63.5 Å². The van der Waals surface area contributed by atoms with Gasteiger partial charge in [-0.1, -0.05) is 49.0 Å². The first kappa shape index (κ1) is 21.4. The molecule has 0 bridgehead atoms. The Morgan fingerprint density at radius 3 is 2.52 bits per heavy atom. The van der Waals surface area contributed by atoms with Crippen LogP contribution in [-0.2, 0) is 4.79 Å². The van der Waals surface area contributed by atoms with Crippen molar-refractivity contribution in [2.24, 2.45) is 0 Å². The number of piperazine rings is 1. The molecule has 2 aromatic carbocycles. The van der Waals surface area contributed by atoms with Crippen LogP contribution in [0.25, 0.3) is 17.1 Å². The molecule has 162 valence electrons. The van der Waals surface area contributed by atoms with Gasteiger partial charge in [-0.25, -0.2) is 0 Å². The molecule has 7 nitrogen and oxygen atoms in total. The monoisotopic (exact) mass is 437 g/mol. The van der Waals surface area contributed by atoms with Gasteiger partial charge >= 0.3 is 0 Å². The number of carbonyl (C=O) groups excluding carboxylic acids is 1. The van der Waals surface area contributed by atoms with Crippen molar-refractivity contribution in [3.63, 3.8) is 0 Å². The van der Waals surface area contributed by atoms with Crippen LogP contribution in [0.5, 0.6) is 5.75 Å². The Kier molecular flexibility index (Phi) is 6.89. The van der Waals surface area contributed by atoms with Crippen LogP contribution in [-0.4, -0.2) is 76.1 Å². The number of rotatable bonds is 7. The summed E-state index contributed by atoms with van der Waals surface area (Å²) in [7, 11) is 1.65. The summed E-state index contributed by atoms with van der Waals surface area (Å²) in [5.74, 6) is 1.97. The van der Waals surface area contributed by atoms with Crippen LogP contribution in [0, 0.1) is 0 Å². The molecule has 1 aromatic heterocycles. The Morgan fingerprint density at radius 1 is 1.03 bits per heavy atom. The number of hydrogen-bond acceptors (Lipinski definition) is 6. The van der Waals surface area contributed by atoms with Gasteiger partial charge in [0.2, 0.25) is 5.91 Å². The summed E-state index contributed by atoms with van der Waals surface area (Å²) >= 11 is 1.43. The predicted molar refractivity (Wildman–Crippen MR) is 123 cm³/mol. The van der Waals surface area contributed by atoms with Crippen molar-refractivity contribution in [2.75, 3.05) is 45.6 Å². The lowest BCUT2D eigenvalue weighted by atomic mass is 10.2. The third-order valence-corrected chi connectivity index (χ3v) is 6.39. The molecule has 0 N–H and O–H groups in total. The second kappa shape index (κ2) is 9.98. The zero-order chi connectivity index (χ0) is 21.6. The first-order valence-corrected chi connectivity index (χ1v) is 11.5. The maximum Gasteiger partial charge on any atom is 0.233 e. The van der Waals surface area contributed by atoms with Gasteiger partial charge in [0.15, 0.2) is 11.0 Å². The highest BCUT2D eigenvalue weighted by molar-refractivity contribution is 7.99. The zero-order valence-electron chi connectivity index (χ0n) is 17.9. The number of likely N-dealkylation sites (N-methyl/N-ethyl adjacent to an activating group) is 1. The summed E-state index contributed by atoms with van der Waals surface area (Å²) in [6.45, 7) is 6.63. The van der Waals surface area contributed by atoms with Gasteiger partial charge < -0.3 is 14.5 Å². The fourth-order valence-electron chi connectivity index (χ4n) is 3.65. The van der Waals surface area contributed by atoms with E-state index in [2.05, 4.69) is 22.0 Å². The average Bonchev–Trinajstić information content (AvgIpc) is 3.27. The van der Waals surface area contributed by atoms with E-state index in [-0.39, 0.29) is 5.91 Å². The quantitative estimate of drug-likeness (QED) is 0.529.